The summed E-state index contributed by atoms with van der Waals surface area (Å²) in [7, 11) is 1.26. The Bertz CT molecular complexity index is 962. The molecule has 3 rings (SSSR count). The van der Waals surface area contributed by atoms with Gasteiger partial charge in [-0.1, -0.05) is 12.1 Å². The standard InChI is InChI=1S/C21H21NO8/c1-13-16(21(25)26-2)9-14(29-13)7-8-20(24)28-12-19(23)22-10-15-11-27-17-5-3-4-6-18(17)30-15/h3-9,15H,10-12H2,1-2H3,(H,22,23)/b8-7+. The van der Waals surface area contributed by atoms with Gasteiger partial charge in [0.25, 0.3) is 5.91 Å². The van der Waals surface area contributed by atoms with Crippen LogP contribution in [-0.2, 0) is 19.1 Å². The molecule has 158 valence electrons. The summed E-state index contributed by atoms with van der Waals surface area (Å²) >= 11 is 0. The highest BCUT2D eigenvalue weighted by atomic mass is 16.6. The minimum atomic E-state index is -0.731. The molecule has 0 spiro atoms. The first-order chi connectivity index (χ1) is 14.5. The molecular formula is C21H21NO8. The normalized spacial score (nSPS) is 14.9. The summed E-state index contributed by atoms with van der Waals surface area (Å²) in [6.45, 7) is 1.67. The molecule has 2 aromatic rings. The third-order valence-electron chi connectivity index (χ3n) is 4.17. The van der Waals surface area contributed by atoms with Crippen LogP contribution < -0.4 is 14.8 Å². The molecule has 0 fully saturated rings. The van der Waals surface area contributed by atoms with Crippen molar-refractivity contribution in [3.63, 3.8) is 0 Å². The largest absolute Gasteiger partial charge is 0.486 e. The number of rotatable bonds is 7. The van der Waals surface area contributed by atoms with Gasteiger partial charge in [0, 0.05) is 6.08 Å². The van der Waals surface area contributed by atoms with Crippen LogP contribution in [-0.4, -0.2) is 50.8 Å². The Hall–Kier alpha value is -3.75. The molecule has 1 aromatic heterocycles. The summed E-state index contributed by atoms with van der Waals surface area (Å²) in [5.41, 5.74) is 0.265. The fourth-order valence-corrected chi connectivity index (χ4v) is 2.68. The van der Waals surface area contributed by atoms with Crippen LogP contribution in [0.15, 0.2) is 40.8 Å². The average Bonchev–Trinajstić information content (AvgIpc) is 3.14. The molecule has 1 atom stereocenters. The van der Waals surface area contributed by atoms with Crippen LogP contribution in [0.3, 0.4) is 0 Å². The van der Waals surface area contributed by atoms with Gasteiger partial charge >= 0.3 is 11.9 Å². The quantitative estimate of drug-likeness (QED) is 0.539. The van der Waals surface area contributed by atoms with Gasteiger partial charge in [-0.05, 0) is 31.2 Å². The average molecular weight is 415 g/mol. The number of aryl methyl sites for hydroxylation is 1. The lowest BCUT2D eigenvalue weighted by molar-refractivity contribution is -0.143. The molecule has 0 saturated carbocycles. The summed E-state index contributed by atoms with van der Waals surface area (Å²) in [4.78, 5) is 35.2. The van der Waals surface area contributed by atoms with Gasteiger partial charge in [-0.15, -0.1) is 0 Å². The first kappa shape index (κ1) is 21.0. The van der Waals surface area contributed by atoms with E-state index in [0.29, 0.717) is 23.9 Å². The van der Waals surface area contributed by atoms with Crippen molar-refractivity contribution in [1.29, 1.82) is 0 Å². The van der Waals surface area contributed by atoms with Crippen LogP contribution in [0.25, 0.3) is 6.08 Å². The van der Waals surface area contributed by atoms with Crippen LogP contribution in [0.5, 0.6) is 11.5 Å². The number of benzene rings is 1. The summed E-state index contributed by atoms with van der Waals surface area (Å²) in [5.74, 6) is 0.182. The third-order valence-corrected chi connectivity index (χ3v) is 4.17. The van der Waals surface area contributed by atoms with Crippen LogP contribution in [0.1, 0.15) is 21.9 Å². The first-order valence-corrected chi connectivity index (χ1v) is 9.15. The van der Waals surface area contributed by atoms with E-state index in [4.69, 9.17) is 18.6 Å². The van der Waals surface area contributed by atoms with E-state index in [1.165, 1.54) is 19.3 Å². The van der Waals surface area contributed by atoms with Crippen LogP contribution in [0, 0.1) is 6.92 Å². The van der Waals surface area contributed by atoms with Crippen molar-refractivity contribution in [2.45, 2.75) is 13.0 Å². The molecule has 9 nitrogen and oxygen atoms in total. The zero-order chi connectivity index (χ0) is 21.5. The molecule has 0 aliphatic carbocycles. The van der Waals surface area contributed by atoms with Gasteiger partial charge in [-0.2, -0.15) is 0 Å². The molecule has 30 heavy (non-hydrogen) atoms. The number of hydrogen-bond acceptors (Lipinski definition) is 8. The highest BCUT2D eigenvalue weighted by Gasteiger charge is 2.21. The van der Waals surface area contributed by atoms with E-state index in [-0.39, 0.29) is 24.0 Å². The number of amides is 1. The Morgan fingerprint density at radius 2 is 2.00 bits per heavy atom. The van der Waals surface area contributed by atoms with Gasteiger partial charge in [0.2, 0.25) is 0 Å². The van der Waals surface area contributed by atoms with E-state index in [1.807, 2.05) is 12.1 Å². The van der Waals surface area contributed by atoms with Gasteiger partial charge in [-0.25, -0.2) is 9.59 Å². The second-order valence-electron chi connectivity index (χ2n) is 6.35. The first-order valence-electron chi connectivity index (χ1n) is 9.15. The maximum atomic E-state index is 11.9. The van der Waals surface area contributed by atoms with Crippen molar-refractivity contribution < 1.29 is 37.7 Å². The highest BCUT2D eigenvalue weighted by molar-refractivity contribution is 5.92. The van der Waals surface area contributed by atoms with E-state index in [9.17, 15) is 14.4 Å². The van der Waals surface area contributed by atoms with Gasteiger partial charge in [0.05, 0.1) is 13.7 Å². The van der Waals surface area contributed by atoms with Crippen molar-refractivity contribution in [3.05, 3.63) is 53.5 Å². The number of nitrogens with one attached hydrogen (secondary N) is 1. The number of methoxy groups -OCH3 is 1. The lowest BCUT2D eigenvalue weighted by Gasteiger charge is -2.26. The van der Waals surface area contributed by atoms with Crippen molar-refractivity contribution in [2.24, 2.45) is 0 Å². The highest BCUT2D eigenvalue weighted by Crippen LogP contribution is 2.30. The fraction of sp³-hybridized carbons (Fsp3) is 0.286. The van der Waals surface area contributed by atoms with Crippen molar-refractivity contribution >= 4 is 23.9 Å². The smallest absolute Gasteiger partial charge is 0.341 e. The maximum absolute atomic E-state index is 11.9. The summed E-state index contributed by atoms with van der Waals surface area (Å²) in [6, 6.07) is 8.71. The van der Waals surface area contributed by atoms with E-state index in [2.05, 4.69) is 10.1 Å². The van der Waals surface area contributed by atoms with E-state index >= 15 is 0 Å². The van der Waals surface area contributed by atoms with Gasteiger partial charge < -0.3 is 28.7 Å². The summed E-state index contributed by atoms with van der Waals surface area (Å²) < 4.78 is 26.2. The molecule has 1 aliphatic rings. The van der Waals surface area contributed by atoms with Gasteiger partial charge in [0.15, 0.2) is 18.1 Å². The van der Waals surface area contributed by atoms with E-state index < -0.39 is 24.5 Å². The molecule has 1 aromatic carbocycles. The summed E-state index contributed by atoms with van der Waals surface area (Å²) in [5, 5.41) is 2.63. The Morgan fingerprint density at radius 3 is 2.77 bits per heavy atom. The van der Waals surface area contributed by atoms with Crippen molar-refractivity contribution in [1.82, 2.24) is 5.32 Å². The number of carbonyl (C=O) groups is 3. The monoisotopic (exact) mass is 415 g/mol. The Balaban J connectivity index is 1.40. The number of fused-ring (bicyclic) bond motifs is 1. The Labute approximate surface area is 172 Å². The molecule has 1 aliphatic heterocycles. The Kier molecular flexibility index (Phi) is 6.74. The minimum Gasteiger partial charge on any atom is -0.486 e. The molecular weight excluding hydrogens is 394 g/mol. The predicted octanol–water partition coefficient (Wildman–Crippen LogP) is 1.89. The maximum Gasteiger partial charge on any atom is 0.341 e. The SMILES string of the molecule is COC(=O)c1cc(/C=C/C(=O)OCC(=O)NCC2COc3ccccc3O2)oc1C. The molecule has 9 heteroatoms. The van der Waals surface area contributed by atoms with Crippen molar-refractivity contribution in [3.8, 4) is 11.5 Å². The number of ether oxygens (including phenoxy) is 4. The lowest BCUT2D eigenvalue weighted by Crippen LogP contribution is -2.42. The summed E-state index contributed by atoms with van der Waals surface area (Å²) in [6.07, 6.45) is 2.09. The Morgan fingerprint density at radius 1 is 1.23 bits per heavy atom. The molecule has 0 radical (unpaired) electrons. The van der Waals surface area contributed by atoms with Gasteiger partial charge in [-0.3, -0.25) is 4.79 Å². The predicted molar refractivity (Wildman–Crippen MR) is 104 cm³/mol. The second kappa shape index (κ2) is 9.64. The number of hydrogen-bond donors (Lipinski definition) is 1. The van der Waals surface area contributed by atoms with Crippen molar-refractivity contribution in [2.75, 3.05) is 26.9 Å². The third kappa shape index (κ3) is 5.40. The van der Waals surface area contributed by atoms with Crippen LogP contribution in [0.2, 0.25) is 0 Å². The molecule has 0 saturated heterocycles. The molecule has 2 heterocycles. The number of para-hydroxylation sites is 2. The van der Waals surface area contributed by atoms with E-state index in [1.54, 1.807) is 19.1 Å². The number of esters is 2. The number of furan rings is 1. The molecule has 1 amide bonds. The van der Waals surface area contributed by atoms with Crippen LogP contribution >= 0.6 is 0 Å². The van der Waals surface area contributed by atoms with Gasteiger partial charge in [0.1, 0.15) is 29.8 Å². The minimum absolute atomic E-state index is 0.211. The molecule has 0 bridgehead atoms. The zero-order valence-electron chi connectivity index (χ0n) is 16.5. The number of carbonyl (C=O) groups excluding carboxylic acids is 3. The van der Waals surface area contributed by atoms with Crippen LogP contribution in [0.4, 0.5) is 0 Å². The molecule has 1 N–H and O–H groups in total. The fourth-order valence-electron chi connectivity index (χ4n) is 2.68. The molecule has 1 unspecified atom stereocenters. The van der Waals surface area contributed by atoms with E-state index in [0.717, 1.165) is 6.08 Å². The second-order valence-corrected chi connectivity index (χ2v) is 6.35. The zero-order valence-corrected chi connectivity index (χ0v) is 16.5. The lowest BCUT2D eigenvalue weighted by atomic mass is 10.2. The topological polar surface area (TPSA) is 113 Å².